The van der Waals surface area contributed by atoms with E-state index in [0.29, 0.717) is 19.3 Å². The van der Waals surface area contributed by atoms with Crippen LogP contribution >= 0.6 is 0 Å². The van der Waals surface area contributed by atoms with Gasteiger partial charge in [-0.2, -0.15) is 0 Å². The zero-order chi connectivity index (χ0) is 43.7. The van der Waals surface area contributed by atoms with E-state index in [1.165, 1.54) is 77.0 Å². The van der Waals surface area contributed by atoms with Gasteiger partial charge in [-0.25, -0.2) is 0 Å². The van der Waals surface area contributed by atoms with Gasteiger partial charge in [0.15, 0.2) is 6.10 Å². The average Bonchev–Trinajstić information content (AvgIpc) is 3.24. The molecule has 0 amide bonds. The summed E-state index contributed by atoms with van der Waals surface area (Å²) < 4.78 is 16.7. The first kappa shape index (κ1) is 56.9. The number of carbonyl (C=O) groups is 3. The van der Waals surface area contributed by atoms with E-state index in [-0.39, 0.29) is 31.1 Å². The molecule has 344 valence electrons. The van der Waals surface area contributed by atoms with Gasteiger partial charge in [0.1, 0.15) is 13.2 Å². The van der Waals surface area contributed by atoms with Crippen molar-refractivity contribution in [2.75, 3.05) is 13.2 Å². The number of rotatable bonds is 44. The van der Waals surface area contributed by atoms with Crippen LogP contribution in [0.15, 0.2) is 72.9 Å². The molecule has 6 heteroatoms. The monoisotopic (exact) mass is 837 g/mol. The Hall–Kier alpha value is -3.15. The minimum Gasteiger partial charge on any atom is -0.462 e. The molecule has 1 atom stereocenters. The van der Waals surface area contributed by atoms with Crippen molar-refractivity contribution in [2.24, 2.45) is 0 Å². The topological polar surface area (TPSA) is 78.9 Å². The second-order valence-corrected chi connectivity index (χ2v) is 16.3. The molecule has 6 nitrogen and oxygen atoms in total. The van der Waals surface area contributed by atoms with E-state index < -0.39 is 6.10 Å². The minimum absolute atomic E-state index is 0.0841. The summed E-state index contributed by atoms with van der Waals surface area (Å²) in [5.41, 5.74) is 0. The van der Waals surface area contributed by atoms with Crippen molar-refractivity contribution in [1.82, 2.24) is 0 Å². The predicted octanol–water partition coefficient (Wildman–Crippen LogP) is 16.3. The van der Waals surface area contributed by atoms with Gasteiger partial charge in [-0.1, -0.05) is 203 Å². The van der Waals surface area contributed by atoms with Crippen LogP contribution in [0.4, 0.5) is 0 Å². The van der Waals surface area contributed by atoms with Crippen LogP contribution in [0.2, 0.25) is 0 Å². The zero-order valence-electron chi connectivity index (χ0n) is 39.2. The third kappa shape index (κ3) is 45.9. The van der Waals surface area contributed by atoms with Gasteiger partial charge in [0, 0.05) is 19.3 Å². The van der Waals surface area contributed by atoms with Gasteiger partial charge < -0.3 is 14.2 Å². The standard InChI is InChI=1S/C54H92O6/c1-4-7-10-13-16-19-22-24-26-28-30-32-35-38-41-44-47-53(56)59-50-51(49-58-52(55)46-43-40-37-34-21-18-15-12-9-6-3)60-54(57)48-45-42-39-36-33-31-29-27-25-23-20-17-14-11-8-5-2/h7-8,10-11,16-17,19-20,24-27,51H,4-6,9,12-15,18,21-23,28-50H2,1-3H3/b10-7-,11-8-,19-16-,20-17-,26-24-,27-25-. The first-order valence-electron chi connectivity index (χ1n) is 24.9. The fourth-order valence-corrected chi connectivity index (χ4v) is 6.76. The van der Waals surface area contributed by atoms with Crippen LogP contribution in [-0.2, 0) is 28.6 Å². The number of carbonyl (C=O) groups excluding carboxylic acids is 3. The summed E-state index contributed by atoms with van der Waals surface area (Å²) >= 11 is 0. The molecular weight excluding hydrogens is 745 g/mol. The Morgan fingerprint density at radius 3 is 1.02 bits per heavy atom. The second kappa shape index (κ2) is 48.5. The third-order valence-corrected chi connectivity index (χ3v) is 10.5. The highest BCUT2D eigenvalue weighted by molar-refractivity contribution is 5.71. The molecule has 0 spiro atoms. The van der Waals surface area contributed by atoms with Gasteiger partial charge >= 0.3 is 17.9 Å². The SMILES string of the molecule is CC/C=C\C/C=C\C/C=C\CCCCCCCCC(=O)OCC(COC(=O)CCCCCCCCCCCC)OC(=O)CCCCCCCC/C=C\C/C=C\C/C=C\CC. The quantitative estimate of drug-likeness (QED) is 0.0263. The molecule has 0 aliphatic heterocycles. The largest absolute Gasteiger partial charge is 0.462 e. The van der Waals surface area contributed by atoms with Crippen LogP contribution in [0.3, 0.4) is 0 Å². The molecule has 0 saturated heterocycles. The molecule has 1 unspecified atom stereocenters. The summed E-state index contributed by atoms with van der Waals surface area (Å²) in [5.74, 6) is -0.912. The Balaban J connectivity index is 4.40. The average molecular weight is 837 g/mol. The lowest BCUT2D eigenvalue weighted by Gasteiger charge is -2.18. The van der Waals surface area contributed by atoms with Crippen LogP contribution in [0.1, 0.15) is 233 Å². The number of esters is 3. The van der Waals surface area contributed by atoms with Crippen molar-refractivity contribution >= 4 is 17.9 Å². The molecule has 0 aromatic carbocycles. The summed E-state index contributed by atoms with van der Waals surface area (Å²) in [7, 11) is 0. The Morgan fingerprint density at radius 2 is 0.650 bits per heavy atom. The fourth-order valence-electron chi connectivity index (χ4n) is 6.76. The maximum atomic E-state index is 12.8. The first-order chi connectivity index (χ1) is 29.5. The lowest BCUT2D eigenvalue weighted by Crippen LogP contribution is -2.30. The molecule has 0 heterocycles. The van der Waals surface area contributed by atoms with Crippen LogP contribution in [0.25, 0.3) is 0 Å². The predicted molar refractivity (Wildman–Crippen MR) is 256 cm³/mol. The van der Waals surface area contributed by atoms with Crippen LogP contribution in [0.5, 0.6) is 0 Å². The van der Waals surface area contributed by atoms with Crippen molar-refractivity contribution in [3.63, 3.8) is 0 Å². The zero-order valence-corrected chi connectivity index (χ0v) is 39.2. The van der Waals surface area contributed by atoms with E-state index in [1.807, 2.05) is 0 Å². The summed E-state index contributed by atoms with van der Waals surface area (Å²) in [5, 5.41) is 0. The maximum Gasteiger partial charge on any atom is 0.306 e. The van der Waals surface area contributed by atoms with Gasteiger partial charge in [-0.05, 0) is 83.5 Å². The van der Waals surface area contributed by atoms with E-state index >= 15 is 0 Å². The smallest absolute Gasteiger partial charge is 0.306 e. The summed E-state index contributed by atoms with van der Waals surface area (Å²) in [6.45, 7) is 6.38. The minimum atomic E-state index is -0.785. The molecule has 0 bridgehead atoms. The summed E-state index contributed by atoms with van der Waals surface area (Å²) in [6.07, 6.45) is 60.2. The number of allylic oxidation sites excluding steroid dienone is 12. The van der Waals surface area contributed by atoms with Gasteiger partial charge in [-0.15, -0.1) is 0 Å². The van der Waals surface area contributed by atoms with Gasteiger partial charge in [0.05, 0.1) is 0 Å². The Kier molecular flexibility index (Phi) is 46.0. The molecule has 60 heavy (non-hydrogen) atoms. The summed E-state index contributed by atoms with van der Waals surface area (Å²) in [6, 6.07) is 0. The lowest BCUT2D eigenvalue weighted by molar-refractivity contribution is -0.167. The molecule has 0 fully saturated rings. The number of hydrogen-bond donors (Lipinski definition) is 0. The van der Waals surface area contributed by atoms with Crippen LogP contribution in [-0.4, -0.2) is 37.2 Å². The highest BCUT2D eigenvalue weighted by Gasteiger charge is 2.19. The Morgan fingerprint density at radius 1 is 0.350 bits per heavy atom. The van der Waals surface area contributed by atoms with E-state index in [4.69, 9.17) is 14.2 Å². The van der Waals surface area contributed by atoms with Crippen LogP contribution < -0.4 is 0 Å². The van der Waals surface area contributed by atoms with Crippen molar-refractivity contribution in [3.05, 3.63) is 72.9 Å². The number of ether oxygens (including phenoxy) is 3. The molecule has 0 aliphatic carbocycles. The van der Waals surface area contributed by atoms with E-state index in [0.717, 1.165) is 116 Å². The number of hydrogen-bond acceptors (Lipinski definition) is 6. The van der Waals surface area contributed by atoms with E-state index in [2.05, 4.69) is 93.7 Å². The number of unbranched alkanes of at least 4 members (excludes halogenated alkanes) is 21. The van der Waals surface area contributed by atoms with Crippen molar-refractivity contribution < 1.29 is 28.6 Å². The molecule has 0 aliphatic rings. The van der Waals surface area contributed by atoms with Gasteiger partial charge in [-0.3, -0.25) is 14.4 Å². The molecule has 0 aromatic rings. The van der Waals surface area contributed by atoms with Gasteiger partial charge in [0.25, 0.3) is 0 Å². The summed E-state index contributed by atoms with van der Waals surface area (Å²) in [4.78, 5) is 37.9. The lowest BCUT2D eigenvalue weighted by atomic mass is 10.1. The Bertz CT molecular complexity index is 1140. The van der Waals surface area contributed by atoms with E-state index in [9.17, 15) is 14.4 Å². The van der Waals surface area contributed by atoms with Gasteiger partial charge in [0.2, 0.25) is 0 Å². The van der Waals surface area contributed by atoms with E-state index in [1.54, 1.807) is 0 Å². The van der Waals surface area contributed by atoms with Crippen molar-refractivity contribution in [1.29, 1.82) is 0 Å². The normalized spacial score (nSPS) is 12.7. The van der Waals surface area contributed by atoms with Crippen LogP contribution in [0, 0.1) is 0 Å². The molecule has 0 rings (SSSR count). The maximum absolute atomic E-state index is 12.8. The molecule has 0 N–H and O–H groups in total. The first-order valence-corrected chi connectivity index (χ1v) is 24.9. The van der Waals surface area contributed by atoms with Crippen molar-refractivity contribution in [3.8, 4) is 0 Å². The molecular formula is C54H92O6. The molecule has 0 aromatic heterocycles. The fraction of sp³-hybridized carbons (Fsp3) is 0.722. The molecule has 0 radical (unpaired) electrons. The molecule has 0 saturated carbocycles. The van der Waals surface area contributed by atoms with Crippen molar-refractivity contribution in [2.45, 2.75) is 239 Å². The highest BCUT2D eigenvalue weighted by Crippen LogP contribution is 2.14. The third-order valence-electron chi connectivity index (χ3n) is 10.5. The Labute approximate surface area is 370 Å². The highest BCUT2D eigenvalue weighted by atomic mass is 16.6. The second-order valence-electron chi connectivity index (χ2n) is 16.3.